The molecular weight excluding hydrogens is 322 g/mol. The van der Waals surface area contributed by atoms with Gasteiger partial charge in [0.2, 0.25) is 6.79 Å². The molecule has 0 spiro atoms. The number of rotatable bonds is 6. The molecular formula is C19H25NO5. The van der Waals surface area contributed by atoms with E-state index >= 15 is 0 Å². The van der Waals surface area contributed by atoms with Gasteiger partial charge in [-0.05, 0) is 42.9 Å². The van der Waals surface area contributed by atoms with Crippen molar-refractivity contribution in [3.8, 4) is 11.5 Å². The van der Waals surface area contributed by atoms with Crippen molar-refractivity contribution >= 4 is 11.9 Å². The Morgan fingerprint density at radius 1 is 1.20 bits per heavy atom. The van der Waals surface area contributed by atoms with Crippen molar-refractivity contribution in [1.82, 2.24) is 5.32 Å². The molecule has 25 heavy (non-hydrogen) atoms. The van der Waals surface area contributed by atoms with Crippen molar-refractivity contribution in [3.05, 3.63) is 23.8 Å². The molecule has 1 amide bonds. The van der Waals surface area contributed by atoms with E-state index in [1.807, 2.05) is 18.2 Å². The van der Waals surface area contributed by atoms with Crippen molar-refractivity contribution in [2.24, 2.45) is 5.92 Å². The van der Waals surface area contributed by atoms with Gasteiger partial charge in [-0.1, -0.05) is 25.8 Å². The molecule has 1 aromatic carbocycles. The van der Waals surface area contributed by atoms with Gasteiger partial charge in [0.25, 0.3) is 5.91 Å². The Bertz CT molecular complexity index is 630. The number of nitrogens with one attached hydrogen (secondary N) is 1. The molecule has 1 heterocycles. The van der Waals surface area contributed by atoms with Crippen LogP contribution >= 0.6 is 0 Å². The number of hydrogen-bond acceptors (Lipinski definition) is 5. The summed E-state index contributed by atoms with van der Waals surface area (Å²) in [5.41, 5.74) is 0.974. The van der Waals surface area contributed by atoms with Gasteiger partial charge in [0.05, 0.1) is 0 Å². The average molecular weight is 347 g/mol. The van der Waals surface area contributed by atoms with Gasteiger partial charge in [-0.2, -0.15) is 0 Å². The minimum absolute atomic E-state index is 0.202. The zero-order valence-electron chi connectivity index (χ0n) is 14.6. The van der Waals surface area contributed by atoms with Crippen LogP contribution in [0.3, 0.4) is 0 Å². The molecule has 0 bridgehead atoms. The lowest BCUT2D eigenvalue weighted by Crippen LogP contribution is -2.42. The molecule has 136 valence electrons. The summed E-state index contributed by atoms with van der Waals surface area (Å²) in [6.45, 7) is 2.18. The van der Waals surface area contributed by atoms with Crippen LogP contribution in [0, 0.1) is 5.92 Å². The van der Waals surface area contributed by atoms with Crippen LogP contribution in [0.2, 0.25) is 0 Å². The number of amides is 1. The first kappa shape index (κ1) is 17.6. The summed E-state index contributed by atoms with van der Waals surface area (Å²) in [6, 6.07) is 5.81. The molecule has 1 N–H and O–H groups in total. The van der Waals surface area contributed by atoms with E-state index in [0.717, 1.165) is 30.6 Å². The largest absolute Gasteiger partial charge is 0.456 e. The van der Waals surface area contributed by atoms with Gasteiger partial charge >= 0.3 is 5.97 Å². The van der Waals surface area contributed by atoms with Crippen LogP contribution in [0.5, 0.6) is 11.5 Å². The third-order valence-corrected chi connectivity index (χ3v) is 4.88. The number of benzene rings is 1. The monoisotopic (exact) mass is 347 g/mol. The molecule has 0 aromatic heterocycles. The van der Waals surface area contributed by atoms with Crippen molar-refractivity contribution < 1.29 is 23.8 Å². The Labute approximate surface area is 147 Å². The van der Waals surface area contributed by atoms with Gasteiger partial charge in [0.15, 0.2) is 18.1 Å². The molecule has 2 aliphatic rings. The molecule has 1 fully saturated rings. The van der Waals surface area contributed by atoms with E-state index in [1.54, 1.807) is 0 Å². The summed E-state index contributed by atoms with van der Waals surface area (Å²) < 4.78 is 15.7. The topological polar surface area (TPSA) is 73.9 Å². The number of hydrogen-bond donors (Lipinski definition) is 1. The zero-order chi connectivity index (χ0) is 17.6. The Morgan fingerprint density at radius 3 is 2.84 bits per heavy atom. The molecule has 0 radical (unpaired) electrons. The Kier molecular flexibility index (Phi) is 5.79. The number of carbonyl (C=O) groups excluding carboxylic acids is 2. The maximum Gasteiger partial charge on any atom is 0.306 e. The summed E-state index contributed by atoms with van der Waals surface area (Å²) in [4.78, 5) is 23.8. The van der Waals surface area contributed by atoms with Gasteiger partial charge < -0.3 is 19.5 Å². The second-order valence-electron chi connectivity index (χ2n) is 6.78. The molecule has 2 atom stereocenters. The van der Waals surface area contributed by atoms with Crippen LogP contribution in [-0.4, -0.2) is 31.3 Å². The van der Waals surface area contributed by atoms with Gasteiger partial charge in [-0.25, -0.2) is 0 Å². The first-order valence-electron chi connectivity index (χ1n) is 8.95. The van der Waals surface area contributed by atoms with Gasteiger partial charge in [-0.3, -0.25) is 9.59 Å². The Balaban J connectivity index is 1.37. The van der Waals surface area contributed by atoms with E-state index in [1.165, 1.54) is 6.42 Å². The second kappa shape index (κ2) is 8.23. The summed E-state index contributed by atoms with van der Waals surface area (Å²) in [5.74, 6) is 1.32. The fourth-order valence-corrected chi connectivity index (χ4v) is 3.34. The summed E-state index contributed by atoms with van der Waals surface area (Å²) in [5, 5.41) is 2.98. The van der Waals surface area contributed by atoms with Crippen LogP contribution in [0.15, 0.2) is 18.2 Å². The predicted molar refractivity (Wildman–Crippen MR) is 91.4 cm³/mol. The summed E-state index contributed by atoms with van der Waals surface area (Å²) in [6.07, 6.45) is 5.28. The van der Waals surface area contributed by atoms with Crippen molar-refractivity contribution in [3.63, 3.8) is 0 Å². The Hall–Kier alpha value is -2.24. The van der Waals surface area contributed by atoms with E-state index in [4.69, 9.17) is 14.2 Å². The third-order valence-electron chi connectivity index (χ3n) is 4.88. The van der Waals surface area contributed by atoms with Gasteiger partial charge in [0, 0.05) is 12.5 Å². The van der Waals surface area contributed by atoms with Crippen LogP contribution in [-0.2, 0) is 20.7 Å². The van der Waals surface area contributed by atoms with Crippen LogP contribution in [0.25, 0.3) is 0 Å². The normalized spacial score (nSPS) is 21.6. The van der Waals surface area contributed by atoms with Crippen LogP contribution in [0.1, 0.15) is 44.6 Å². The van der Waals surface area contributed by atoms with Crippen molar-refractivity contribution in [2.75, 3.05) is 13.4 Å². The van der Waals surface area contributed by atoms with Crippen LogP contribution < -0.4 is 14.8 Å². The highest BCUT2D eigenvalue weighted by Gasteiger charge is 2.23. The first-order valence-corrected chi connectivity index (χ1v) is 8.95. The molecule has 1 saturated carbocycles. The van der Waals surface area contributed by atoms with E-state index in [0.29, 0.717) is 18.1 Å². The number of aryl methyl sites for hydroxylation is 1. The molecule has 1 aliphatic heterocycles. The van der Waals surface area contributed by atoms with Crippen LogP contribution in [0.4, 0.5) is 0 Å². The minimum Gasteiger partial charge on any atom is -0.456 e. The number of esters is 1. The lowest BCUT2D eigenvalue weighted by molar-refractivity contribution is -0.148. The number of carbonyl (C=O) groups is 2. The molecule has 1 aromatic rings. The molecule has 6 nitrogen and oxygen atoms in total. The van der Waals surface area contributed by atoms with Crippen molar-refractivity contribution in [2.45, 2.75) is 51.5 Å². The van der Waals surface area contributed by atoms with E-state index in [9.17, 15) is 9.59 Å². The number of fused-ring (bicyclic) bond motifs is 1. The molecule has 3 rings (SSSR count). The standard InChI is InChI=1S/C19H25NO5/c1-13-4-2-3-5-15(13)20-18(21)11-23-19(22)9-7-14-6-8-16-17(10-14)25-12-24-16/h6,8,10,13,15H,2-5,7,9,11-12H2,1H3,(H,20,21)/t13-,15+/m1/s1. The highest BCUT2D eigenvalue weighted by atomic mass is 16.7. The lowest BCUT2D eigenvalue weighted by Gasteiger charge is -2.29. The highest BCUT2D eigenvalue weighted by molar-refractivity contribution is 5.80. The quantitative estimate of drug-likeness (QED) is 0.801. The fourth-order valence-electron chi connectivity index (χ4n) is 3.34. The zero-order valence-corrected chi connectivity index (χ0v) is 14.6. The number of ether oxygens (including phenoxy) is 3. The van der Waals surface area contributed by atoms with Crippen molar-refractivity contribution in [1.29, 1.82) is 0 Å². The van der Waals surface area contributed by atoms with E-state index in [2.05, 4.69) is 12.2 Å². The maximum absolute atomic E-state index is 11.9. The maximum atomic E-state index is 11.9. The van der Waals surface area contributed by atoms with Gasteiger partial charge in [-0.15, -0.1) is 0 Å². The smallest absolute Gasteiger partial charge is 0.306 e. The molecule has 6 heteroatoms. The van der Waals surface area contributed by atoms with Gasteiger partial charge in [0.1, 0.15) is 0 Å². The molecule has 0 unspecified atom stereocenters. The Morgan fingerprint density at radius 2 is 2.00 bits per heavy atom. The molecule has 0 saturated heterocycles. The first-order chi connectivity index (χ1) is 12.1. The summed E-state index contributed by atoms with van der Waals surface area (Å²) >= 11 is 0. The van der Waals surface area contributed by atoms with E-state index in [-0.39, 0.29) is 37.7 Å². The second-order valence-corrected chi connectivity index (χ2v) is 6.78. The highest BCUT2D eigenvalue weighted by Crippen LogP contribution is 2.32. The van der Waals surface area contributed by atoms with E-state index < -0.39 is 0 Å². The predicted octanol–water partition coefficient (Wildman–Crippen LogP) is 2.59. The average Bonchev–Trinajstić information content (AvgIpc) is 3.08. The SMILES string of the molecule is C[C@@H]1CCCC[C@@H]1NC(=O)COC(=O)CCc1ccc2c(c1)OCO2. The summed E-state index contributed by atoms with van der Waals surface area (Å²) in [7, 11) is 0. The minimum atomic E-state index is -0.371. The fraction of sp³-hybridized carbons (Fsp3) is 0.579. The third kappa shape index (κ3) is 4.87. The lowest BCUT2D eigenvalue weighted by atomic mass is 9.86. The molecule has 1 aliphatic carbocycles.